The normalized spacial score (nSPS) is 18.8. The summed E-state index contributed by atoms with van der Waals surface area (Å²) in [4.78, 5) is 14.0. The van der Waals surface area contributed by atoms with Gasteiger partial charge in [0.1, 0.15) is 12.0 Å². The Hall–Kier alpha value is -2.38. The molecule has 1 fully saturated rings. The van der Waals surface area contributed by atoms with Gasteiger partial charge < -0.3 is 4.74 Å². The molecule has 4 heteroatoms. The molecule has 1 unspecified atom stereocenters. The molecule has 1 amide bonds. The van der Waals surface area contributed by atoms with Crippen LogP contribution in [0.4, 0.5) is 4.79 Å². The number of rotatable bonds is 2. The van der Waals surface area contributed by atoms with Crippen molar-refractivity contribution >= 4 is 17.9 Å². The van der Waals surface area contributed by atoms with Gasteiger partial charge in [-0.1, -0.05) is 54.5 Å². The molecule has 0 aromatic heterocycles. The van der Waals surface area contributed by atoms with Crippen molar-refractivity contribution in [3.05, 3.63) is 59.7 Å². The number of fused-ring (bicyclic) bond motifs is 3. The number of amides is 1. The number of thioether (sulfide) groups is 1. The van der Waals surface area contributed by atoms with Gasteiger partial charge in [-0.15, -0.1) is 18.2 Å². The summed E-state index contributed by atoms with van der Waals surface area (Å²) in [6, 6.07) is 16.6. The van der Waals surface area contributed by atoms with Crippen LogP contribution in [-0.4, -0.2) is 35.3 Å². The smallest absolute Gasteiger partial charge is 0.411 e. The van der Waals surface area contributed by atoms with Crippen LogP contribution in [-0.2, 0) is 4.74 Å². The molecule has 0 radical (unpaired) electrons. The highest BCUT2D eigenvalue weighted by atomic mass is 32.2. The predicted molar refractivity (Wildman–Crippen MR) is 96.9 cm³/mol. The maximum atomic E-state index is 12.4. The number of hydrogen-bond donors (Lipinski definition) is 0. The van der Waals surface area contributed by atoms with Crippen molar-refractivity contribution in [2.75, 3.05) is 18.9 Å². The first-order valence-electron chi connectivity index (χ1n) is 7.99. The highest BCUT2D eigenvalue weighted by molar-refractivity contribution is 8.00. The Morgan fingerprint density at radius 1 is 1.17 bits per heavy atom. The van der Waals surface area contributed by atoms with Crippen LogP contribution in [0, 0.1) is 12.3 Å². The summed E-state index contributed by atoms with van der Waals surface area (Å²) >= 11 is 1.60. The Morgan fingerprint density at radius 3 is 2.42 bits per heavy atom. The fourth-order valence-corrected chi connectivity index (χ4v) is 4.46. The van der Waals surface area contributed by atoms with Crippen LogP contribution in [0.5, 0.6) is 0 Å². The Labute approximate surface area is 146 Å². The Bertz CT molecular complexity index is 781. The van der Waals surface area contributed by atoms with E-state index in [1.54, 1.807) is 16.7 Å². The second-order valence-corrected chi connectivity index (χ2v) is 7.08. The maximum Gasteiger partial charge on any atom is 0.411 e. The standard InChI is InChI=1S/C20H17NO2S/c1-2-19-21(11-12-24-19)20(22)23-13-18-16-9-5-3-7-14(16)15-8-4-6-10-17(15)18/h1,3-10,18-19H,11-13H2. The van der Waals surface area contributed by atoms with Gasteiger partial charge in [0.2, 0.25) is 0 Å². The number of nitrogens with zero attached hydrogens (tertiary/aromatic N) is 1. The third-order valence-electron chi connectivity index (χ3n) is 4.60. The number of benzene rings is 2. The van der Waals surface area contributed by atoms with E-state index >= 15 is 0 Å². The molecule has 1 aliphatic heterocycles. The number of carbonyl (C=O) groups excluding carboxylic acids is 1. The van der Waals surface area contributed by atoms with E-state index in [2.05, 4.69) is 30.2 Å². The molecular formula is C20H17NO2S. The highest BCUT2D eigenvalue weighted by Gasteiger charge is 2.32. The van der Waals surface area contributed by atoms with E-state index in [-0.39, 0.29) is 17.4 Å². The number of carbonyl (C=O) groups is 1. The number of hydrogen-bond acceptors (Lipinski definition) is 3. The molecular weight excluding hydrogens is 318 g/mol. The average Bonchev–Trinajstić information content (AvgIpc) is 3.22. The molecule has 3 nitrogen and oxygen atoms in total. The molecule has 0 N–H and O–H groups in total. The first kappa shape index (κ1) is 15.2. The zero-order chi connectivity index (χ0) is 16.5. The van der Waals surface area contributed by atoms with Crippen LogP contribution >= 0.6 is 11.8 Å². The van der Waals surface area contributed by atoms with Gasteiger partial charge in [-0.05, 0) is 22.3 Å². The predicted octanol–water partition coefficient (Wildman–Crippen LogP) is 3.94. The molecule has 4 rings (SSSR count). The van der Waals surface area contributed by atoms with Gasteiger partial charge in [0.05, 0.1) is 0 Å². The summed E-state index contributed by atoms with van der Waals surface area (Å²) in [5.74, 6) is 3.59. The molecule has 2 aromatic carbocycles. The molecule has 1 atom stereocenters. The number of terminal acetylenes is 1. The van der Waals surface area contributed by atoms with Crippen molar-refractivity contribution in [3.8, 4) is 23.5 Å². The SMILES string of the molecule is C#CC1SCCN1C(=O)OCC1c2ccccc2-c2ccccc21. The summed E-state index contributed by atoms with van der Waals surface area (Å²) < 4.78 is 5.63. The van der Waals surface area contributed by atoms with Crippen molar-refractivity contribution in [2.24, 2.45) is 0 Å². The van der Waals surface area contributed by atoms with Crippen LogP contribution < -0.4 is 0 Å². The van der Waals surface area contributed by atoms with Gasteiger partial charge in [-0.3, -0.25) is 4.90 Å². The van der Waals surface area contributed by atoms with Crippen molar-refractivity contribution in [1.82, 2.24) is 4.90 Å². The highest BCUT2D eigenvalue weighted by Crippen LogP contribution is 2.44. The lowest BCUT2D eigenvalue weighted by atomic mass is 9.98. The van der Waals surface area contributed by atoms with Crippen LogP contribution in [0.25, 0.3) is 11.1 Å². The summed E-state index contributed by atoms with van der Waals surface area (Å²) in [5, 5.41) is -0.208. The Kier molecular flexibility index (Phi) is 3.95. The molecule has 0 spiro atoms. The van der Waals surface area contributed by atoms with Gasteiger partial charge in [0.25, 0.3) is 0 Å². The molecule has 1 heterocycles. The van der Waals surface area contributed by atoms with E-state index in [0.29, 0.717) is 13.2 Å². The minimum atomic E-state index is -0.315. The van der Waals surface area contributed by atoms with Crippen LogP contribution in [0.1, 0.15) is 17.0 Å². The van der Waals surface area contributed by atoms with E-state index in [0.717, 1.165) is 5.75 Å². The van der Waals surface area contributed by atoms with E-state index in [4.69, 9.17) is 11.2 Å². The monoisotopic (exact) mass is 335 g/mol. The molecule has 1 saturated heterocycles. The fourth-order valence-electron chi connectivity index (χ4n) is 3.47. The maximum absolute atomic E-state index is 12.4. The average molecular weight is 335 g/mol. The molecule has 2 aromatic rings. The van der Waals surface area contributed by atoms with Crippen LogP contribution in [0.3, 0.4) is 0 Å². The molecule has 120 valence electrons. The van der Waals surface area contributed by atoms with Gasteiger partial charge >= 0.3 is 6.09 Å². The molecule has 0 saturated carbocycles. The molecule has 1 aliphatic carbocycles. The fraction of sp³-hybridized carbons (Fsp3) is 0.250. The van der Waals surface area contributed by atoms with Crippen LogP contribution in [0.2, 0.25) is 0 Å². The molecule has 2 aliphatic rings. The molecule has 24 heavy (non-hydrogen) atoms. The van der Waals surface area contributed by atoms with Crippen molar-refractivity contribution in [2.45, 2.75) is 11.3 Å². The van der Waals surface area contributed by atoms with Crippen molar-refractivity contribution in [1.29, 1.82) is 0 Å². The second-order valence-electron chi connectivity index (χ2n) is 5.89. The van der Waals surface area contributed by atoms with E-state index in [9.17, 15) is 4.79 Å². The third-order valence-corrected chi connectivity index (χ3v) is 5.73. The van der Waals surface area contributed by atoms with Gasteiger partial charge in [-0.2, -0.15) is 0 Å². The minimum absolute atomic E-state index is 0.0842. The van der Waals surface area contributed by atoms with E-state index in [1.807, 2.05) is 24.3 Å². The lowest BCUT2D eigenvalue weighted by Crippen LogP contribution is -2.35. The van der Waals surface area contributed by atoms with Gasteiger partial charge in [0, 0.05) is 18.2 Å². The van der Waals surface area contributed by atoms with Gasteiger partial charge in [-0.25, -0.2) is 4.79 Å². The summed E-state index contributed by atoms with van der Waals surface area (Å²) in [7, 11) is 0. The zero-order valence-electron chi connectivity index (χ0n) is 13.1. The summed E-state index contributed by atoms with van der Waals surface area (Å²) in [5.41, 5.74) is 4.89. The topological polar surface area (TPSA) is 29.5 Å². The first-order valence-corrected chi connectivity index (χ1v) is 9.04. The van der Waals surface area contributed by atoms with E-state index < -0.39 is 0 Å². The second kappa shape index (κ2) is 6.26. The molecule has 0 bridgehead atoms. The Balaban J connectivity index is 1.55. The summed E-state index contributed by atoms with van der Waals surface area (Å²) in [6.45, 7) is 0.988. The third kappa shape index (κ3) is 2.46. The lowest BCUT2D eigenvalue weighted by Gasteiger charge is -2.21. The first-order chi connectivity index (χ1) is 11.8. The largest absolute Gasteiger partial charge is 0.448 e. The van der Waals surface area contributed by atoms with Crippen LogP contribution in [0.15, 0.2) is 48.5 Å². The van der Waals surface area contributed by atoms with Crippen molar-refractivity contribution < 1.29 is 9.53 Å². The van der Waals surface area contributed by atoms with E-state index in [1.165, 1.54) is 22.3 Å². The summed E-state index contributed by atoms with van der Waals surface area (Å²) in [6.07, 6.45) is 5.17. The zero-order valence-corrected chi connectivity index (χ0v) is 14.0. The minimum Gasteiger partial charge on any atom is -0.448 e. The van der Waals surface area contributed by atoms with Crippen molar-refractivity contribution in [3.63, 3.8) is 0 Å². The quantitative estimate of drug-likeness (QED) is 0.779. The number of ether oxygens (including phenoxy) is 1. The van der Waals surface area contributed by atoms with Gasteiger partial charge in [0.15, 0.2) is 0 Å². The Morgan fingerprint density at radius 2 is 1.79 bits per heavy atom. The lowest BCUT2D eigenvalue weighted by molar-refractivity contribution is 0.105.